The Morgan fingerprint density at radius 1 is 0.921 bits per heavy atom. The zero-order valence-corrected chi connectivity index (χ0v) is 20.8. The normalized spacial score (nSPS) is 14.3. The van der Waals surface area contributed by atoms with Gasteiger partial charge in [0, 0.05) is 22.7 Å². The average Bonchev–Trinajstić information content (AvgIpc) is 3.49. The summed E-state index contributed by atoms with van der Waals surface area (Å²) in [5.41, 5.74) is 7.35. The van der Waals surface area contributed by atoms with Crippen molar-refractivity contribution in [3.05, 3.63) is 108 Å². The molecule has 1 aliphatic rings. The highest BCUT2D eigenvalue weighted by atomic mass is 16.5. The SMILES string of the molecule is Cc1ccc(NC(=O)Nc2cc(-c3ccccc3-c3nn[nH]n3)cc3c2OCCC3c2ccccc2)cc1. The smallest absolute Gasteiger partial charge is 0.323 e. The van der Waals surface area contributed by atoms with Gasteiger partial charge >= 0.3 is 6.03 Å². The molecule has 0 bridgehead atoms. The van der Waals surface area contributed by atoms with Crippen molar-refractivity contribution >= 4 is 17.4 Å². The maximum absolute atomic E-state index is 13.1. The number of anilines is 2. The zero-order valence-electron chi connectivity index (χ0n) is 20.8. The molecular weight excluding hydrogens is 476 g/mol. The van der Waals surface area contributed by atoms with Crippen molar-refractivity contribution in [3.8, 4) is 28.3 Å². The van der Waals surface area contributed by atoms with Crippen LogP contribution in [0.3, 0.4) is 0 Å². The first-order valence-electron chi connectivity index (χ1n) is 12.5. The van der Waals surface area contributed by atoms with Gasteiger partial charge in [-0.2, -0.15) is 5.21 Å². The van der Waals surface area contributed by atoms with E-state index in [4.69, 9.17) is 4.74 Å². The van der Waals surface area contributed by atoms with Crippen molar-refractivity contribution in [2.45, 2.75) is 19.3 Å². The first kappa shape index (κ1) is 23.4. The fourth-order valence-corrected chi connectivity index (χ4v) is 4.91. The van der Waals surface area contributed by atoms with E-state index in [1.807, 2.05) is 79.7 Å². The summed E-state index contributed by atoms with van der Waals surface area (Å²) in [6.45, 7) is 2.56. The van der Waals surface area contributed by atoms with E-state index in [1.165, 1.54) is 5.56 Å². The van der Waals surface area contributed by atoms with Crippen molar-refractivity contribution in [3.63, 3.8) is 0 Å². The number of carbonyl (C=O) groups excluding carboxylic acids is 1. The van der Waals surface area contributed by atoms with Crippen LogP contribution in [-0.4, -0.2) is 33.3 Å². The maximum atomic E-state index is 13.1. The molecule has 188 valence electrons. The van der Waals surface area contributed by atoms with Gasteiger partial charge in [0.15, 0.2) is 0 Å². The Balaban J connectivity index is 1.45. The molecule has 38 heavy (non-hydrogen) atoms. The fourth-order valence-electron chi connectivity index (χ4n) is 4.91. The van der Waals surface area contributed by atoms with Crippen LogP contribution < -0.4 is 15.4 Å². The number of carbonyl (C=O) groups is 1. The number of tetrazole rings is 1. The third-order valence-electron chi connectivity index (χ3n) is 6.73. The molecule has 6 rings (SSSR count). The zero-order chi connectivity index (χ0) is 25.9. The van der Waals surface area contributed by atoms with Gasteiger partial charge < -0.3 is 15.4 Å². The third kappa shape index (κ3) is 4.71. The van der Waals surface area contributed by atoms with E-state index in [0.717, 1.165) is 34.2 Å². The van der Waals surface area contributed by atoms with E-state index in [0.29, 0.717) is 29.6 Å². The summed E-state index contributed by atoms with van der Waals surface area (Å²) >= 11 is 0. The van der Waals surface area contributed by atoms with E-state index >= 15 is 0 Å². The Morgan fingerprint density at radius 2 is 1.68 bits per heavy atom. The number of nitrogens with zero attached hydrogens (tertiary/aromatic N) is 3. The number of aromatic amines is 1. The summed E-state index contributed by atoms with van der Waals surface area (Å²) in [7, 11) is 0. The fraction of sp³-hybridized carbons (Fsp3) is 0.133. The highest BCUT2D eigenvalue weighted by Gasteiger charge is 2.28. The molecule has 1 aliphatic heterocycles. The molecule has 0 aliphatic carbocycles. The molecule has 1 unspecified atom stereocenters. The van der Waals surface area contributed by atoms with E-state index in [1.54, 1.807) is 0 Å². The standard InChI is InChI=1S/C30H26N6O2/c1-19-11-13-22(14-12-19)31-30(37)32-27-18-21(23-9-5-6-10-25(23)29-33-35-36-34-29)17-26-24(15-16-38-28(26)27)20-7-3-2-4-8-20/h2-14,17-18,24H,15-16H2,1H3,(H2,31,32,37)(H,33,34,35,36). The van der Waals surface area contributed by atoms with Gasteiger partial charge in [0.05, 0.1) is 12.3 Å². The van der Waals surface area contributed by atoms with Gasteiger partial charge in [0.1, 0.15) is 5.75 Å². The second kappa shape index (κ2) is 10.2. The van der Waals surface area contributed by atoms with Crippen molar-refractivity contribution in [1.29, 1.82) is 0 Å². The lowest BCUT2D eigenvalue weighted by atomic mass is 9.84. The van der Waals surface area contributed by atoms with Gasteiger partial charge in [0.2, 0.25) is 5.82 Å². The predicted molar refractivity (Wildman–Crippen MR) is 147 cm³/mol. The van der Waals surface area contributed by atoms with Crippen LogP contribution >= 0.6 is 0 Å². The van der Waals surface area contributed by atoms with Gasteiger partial charge in [-0.05, 0) is 59.5 Å². The number of hydrogen-bond donors (Lipinski definition) is 3. The van der Waals surface area contributed by atoms with Crippen LogP contribution in [0.15, 0.2) is 91.0 Å². The van der Waals surface area contributed by atoms with Gasteiger partial charge in [0.25, 0.3) is 0 Å². The number of fused-ring (bicyclic) bond motifs is 1. The summed E-state index contributed by atoms with van der Waals surface area (Å²) < 4.78 is 6.18. The first-order valence-corrected chi connectivity index (χ1v) is 12.5. The summed E-state index contributed by atoms with van der Waals surface area (Å²) in [6.07, 6.45) is 0.835. The molecular formula is C30H26N6O2. The van der Waals surface area contributed by atoms with Gasteiger partial charge in [-0.15, -0.1) is 10.2 Å². The van der Waals surface area contributed by atoms with E-state index in [9.17, 15) is 4.79 Å². The van der Waals surface area contributed by atoms with E-state index < -0.39 is 0 Å². The number of ether oxygens (including phenoxy) is 1. The van der Waals surface area contributed by atoms with Crippen LogP contribution in [0.25, 0.3) is 22.5 Å². The van der Waals surface area contributed by atoms with Gasteiger partial charge in [-0.3, -0.25) is 0 Å². The summed E-state index contributed by atoms with van der Waals surface area (Å²) in [4.78, 5) is 13.1. The van der Waals surface area contributed by atoms with Crippen molar-refractivity contribution < 1.29 is 9.53 Å². The van der Waals surface area contributed by atoms with Crippen LogP contribution in [0.2, 0.25) is 0 Å². The molecule has 0 spiro atoms. The third-order valence-corrected chi connectivity index (χ3v) is 6.73. The van der Waals surface area contributed by atoms with E-state index in [2.05, 4.69) is 49.5 Å². The molecule has 8 heteroatoms. The van der Waals surface area contributed by atoms with Crippen LogP contribution in [0, 0.1) is 6.92 Å². The Hall–Kier alpha value is -4.98. The molecule has 5 aromatic rings. The second-order valence-corrected chi connectivity index (χ2v) is 9.27. The highest BCUT2D eigenvalue weighted by molar-refractivity contribution is 6.01. The summed E-state index contributed by atoms with van der Waals surface area (Å²) in [5.74, 6) is 1.31. The first-order chi connectivity index (χ1) is 18.7. The Labute approximate surface area is 220 Å². The summed E-state index contributed by atoms with van der Waals surface area (Å²) in [5, 5.41) is 20.6. The number of amides is 2. The minimum atomic E-state index is -0.343. The van der Waals surface area contributed by atoms with Crippen LogP contribution in [0.4, 0.5) is 16.2 Å². The van der Waals surface area contributed by atoms with Crippen LogP contribution in [0.1, 0.15) is 29.0 Å². The molecule has 8 nitrogen and oxygen atoms in total. The lowest BCUT2D eigenvalue weighted by molar-refractivity contribution is 0.261. The van der Waals surface area contributed by atoms with Gasteiger partial charge in [-0.25, -0.2) is 4.79 Å². The maximum Gasteiger partial charge on any atom is 0.323 e. The molecule has 0 saturated carbocycles. The number of H-pyrrole nitrogens is 1. The monoisotopic (exact) mass is 502 g/mol. The molecule has 3 N–H and O–H groups in total. The largest absolute Gasteiger partial charge is 0.491 e. The predicted octanol–water partition coefficient (Wildman–Crippen LogP) is 6.40. The van der Waals surface area contributed by atoms with Crippen molar-refractivity contribution in [1.82, 2.24) is 20.6 Å². The topological polar surface area (TPSA) is 105 Å². The van der Waals surface area contributed by atoms with Crippen LogP contribution in [-0.2, 0) is 0 Å². The number of benzene rings is 4. The van der Waals surface area contributed by atoms with Crippen molar-refractivity contribution in [2.75, 3.05) is 17.2 Å². The minimum Gasteiger partial charge on any atom is -0.491 e. The number of urea groups is 1. The van der Waals surface area contributed by atoms with Crippen LogP contribution in [0.5, 0.6) is 5.75 Å². The molecule has 1 aromatic heterocycles. The number of nitrogens with one attached hydrogen (secondary N) is 3. The quantitative estimate of drug-likeness (QED) is 0.258. The lowest BCUT2D eigenvalue weighted by Gasteiger charge is -2.29. The molecule has 0 radical (unpaired) electrons. The average molecular weight is 503 g/mol. The number of rotatable bonds is 5. The Kier molecular flexibility index (Phi) is 6.27. The molecule has 0 saturated heterocycles. The lowest BCUT2D eigenvalue weighted by Crippen LogP contribution is -2.22. The number of aromatic nitrogens is 4. The summed E-state index contributed by atoms with van der Waals surface area (Å²) in [6, 6.07) is 29.7. The van der Waals surface area contributed by atoms with Gasteiger partial charge in [-0.1, -0.05) is 72.3 Å². The Morgan fingerprint density at radius 3 is 2.45 bits per heavy atom. The Bertz CT molecular complexity index is 1570. The number of aryl methyl sites for hydroxylation is 1. The second-order valence-electron chi connectivity index (χ2n) is 9.27. The van der Waals surface area contributed by atoms with E-state index in [-0.39, 0.29) is 11.9 Å². The molecule has 2 heterocycles. The highest BCUT2D eigenvalue weighted by Crippen LogP contribution is 2.46. The number of hydrogen-bond acceptors (Lipinski definition) is 5. The molecule has 0 fully saturated rings. The minimum absolute atomic E-state index is 0.123. The molecule has 1 atom stereocenters. The molecule has 4 aromatic carbocycles. The molecule has 2 amide bonds. The van der Waals surface area contributed by atoms with Crippen molar-refractivity contribution in [2.24, 2.45) is 0 Å².